The van der Waals surface area contributed by atoms with E-state index in [0.717, 1.165) is 20.6 Å². The van der Waals surface area contributed by atoms with E-state index in [0.29, 0.717) is 41.4 Å². The van der Waals surface area contributed by atoms with Crippen molar-refractivity contribution >= 4 is 51.2 Å². The molecule has 178 valence electrons. The van der Waals surface area contributed by atoms with Crippen LogP contribution in [0, 0.1) is 21.8 Å². The highest BCUT2D eigenvalue weighted by atomic mass is 127. The van der Waals surface area contributed by atoms with Crippen molar-refractivity contribution in [2.75, 3.05) is 30.9 Å². The van der Waals surface area contributed by atoms with Gasteiger partial charge in [0.15, 0.2) is 0 Å². The SMILES string of the molecule is COCCNC(=O)Nc1cn2ncc(C#N)c(Nc3ccc(Oc4cccc(I)c4)cc3)c2c1C. The first-order valence-corrected chi connectivity index (χ1v) is 11.8. The number of hydrogen-bond acceptors (Lipinski definition) is 6. The zero-order valence-corrected chi connectivity index (χ0v) is 21.3. The molecule has 10 heteroatoms. The highest BCUT2D eigenvalue weighted by Crippen LogP contribution is 2.33. The molecule has 0 aliphatic carbocycles. The Balaban J connectivity index is 1.58. The van der Waals surface area contributed by atoms with E-state index in [-0.39, 0.29) is 6.03 Å². The van der Waals surface area contributed by atoms with Crippen LogP contribution < -0.4 is 20.7 Å². The van der Waals surface area contributed by atoms with Crippen LogP contribution in [-0.4, -0.2) is 35.9 Å². The molecule has 0 spiro atoms. The number of methoxy groups -OCH3 is 1. The highest BCUT2D eigenvalue weighted by molar-refractivity contribution is 14.1. The maximum atomic E-state index is 12.2. The number of hydrogen-bond donors (Lipinski definition) is 3. The van der Waals surface area contributed by atoms with Crippen molar-refractivity contribution in [2.24, 2.45) is 0 Å². The third-order valence-corrected chi connectivity index (χ3v) is 5.84. The Morgan fingerprint density at radius 1 is 1.20 bits per heavy atom. The second-order valence-electron chi connectivity index (χ2n) is 7.59. The number of amides is 2. The summed E-state index contributed by atoms with van der Waals surface area (Å²) in [6.07, 6.45) is 3.21. The molecule has 2 aromatic carbocycles. The summed E-state index contributed by atoms with van der Waals surface area (Å²) in [6, 6.07) is 17.1. The van der Waals surface area contributed by atoms with E-state index in [1.54, 1.807) is 17.8 Å². The largest absolute Gasteiger partial charge is 0.457 e. The Morgan fingerprint density at radius 3 is 2.71 bits per heavy atom. The number of nitrogens with zero attached hydrogens (tertiary/aromatic N) is 3. The van der Waals surface area contributed by atoms with Gasteiger partial charge in [-0.2, -0.15) is 10.4 Å². The molecular formula is C25H23IN6O3. The van der Waals surface area contributed by atoms with Gasteiger partial charge in [-0.05, 0) is 72.0 Å². The number of rotatable bonds is 8. The molecule has 35 heavy (non-hydrogen) atoms. The fourth-order valence-corrected chi connectivity index (χ4v) is 3.99. The Morgan fingerprint density at radius 2 is 2.00 bits per heavy atom. The maximum Gasteiger partial charge on any atom is 0.319 e. The van der Waals surface area contributed by atoms with Gasteiger partial charge in [-0.3, -0.25) is 0 Å². The summed E-state index contributed by atoms with van der Waals surface area (Å²) in [5, 5.41) is 22.9. The minimum absolute atomic E-state index is 0.347. The first-order valence-electron chi connectivity index (χ1n) is 10.7. The molecule has 0 atom stereocenters. The molecule has 2 aromatic heterocycles. The highest BCUT2D eigenvalue weighted by Gasteiger charge is 2.17. The number of carbonyl (C=O) groups is 1. The Bertz CT molecular complexity index is 1400. The molecule has 2 heterocycles. The summed E-state index contributed by atoms with van der Waals surface area (Å²) in [4.78, 5) is 12.2. The van der Waals surface area contributed by atoms with E-state index in [2.05, 4.69) is 49.7 Å². The maximum absolute atomic E-state index is 12.2. The zero-order valence-electron chi connectivity index (χ0n) is 19.1. The van der Waals surface area contributed by atoms with Crippen molar-refractivity contribution < 1.29 is 14.3 Å². The number of anilines is 3. The van der Waals surface area contributed by atoms with Crippen molar-refractivity contribution in [3.05, 3.63) is 75.6 Å². The number of carbonyl (C=O) groups excluding carboxylic acids is 1. The summed E-state index contributed by atoms with van der Waals surface area (Å²) in [5.41, 5.74) is 3.81. The van der Waals surface area contributed by atoms with Gasteiger partial charge < -0.3 is 25.4 Å². The molecule has 2 amide bonds. The molecule has 0 aliphatic heterocycles. The molecule has 0 unspecified atom stereocenters. The van der Waals surface area contributed by atoms with E-state index in [1.807, 2.05) is 55.5 Å². The first-order chi connectivity index (χ1) is 17.0. The monoisotopic (exact) mass is 582 g/mol. The second-order valence-corrected chi connectivity index (χ2v) is 8.83. The average molecular weight is 582 g/mol. The van der Waals surface area contributed by atoms with Crippen molar-refractivity contribution in [3.8, 4) is 17.6 Å². The number of fused-ring (bicyclic) bond motifs is 1. The van der Waals surface area contributed by atoms with Crippen LogP contribution >= 0.6 is 22.6 Å². The minimum atomic E-state index is -0.347. The second kappa shape index (κ2) is 11.1. The van der Waals surface area contributed by atoms with Gasteiger partial charge in [0.1, 0.15) is 17.6 Å². The molecule has 4 rings (SSSR count). The molecular weight excluding hydrogens is 559 g/mol. The number of ether oxygens (including phenoxy) is 2. The Hall–Kier alpha value is -3.82. The van der Waals surface area contributed by atoms with Gasteiger partial charge in [-0.15, -0.1) is 0 Å². The zero-order chi connectivity index (χ0) is 24.8. The molecule has 4 aromatic rings. The number of aromatic nitrogens is 2. The fraction of sp³-hybridized carbons (Fsp3) is 0.160. The van der Waals surface area contributed by atoms with E-state index >= 15 is 0 Å². The Labute approximate surface area is 216 Å². The number of nitriles is 1. The lowest BCUT2D eigenvalue weighted by Crippen LogP contribution is -2.31. The average Bonchev–Trinajstić information content (AvgIpc) is 3.16. The van der Waals surface area contributed by atoms with Crippen LogP contribution in [0.5, 0.6) is 11.5 Å². The molecule has 3 N–H and O–H groups in total. The van der Waals surface area contributed by atoms with E-state index in [4.69, 9.17) is 9.47 Å². The molecule has 9 nitrogen and oxygen atoms in total. The molecule has 0 saturated carbocycles. The van der Waals surface area contributed by atoms with Crippen LogP contribution in [-0.2, 0) is 4.74 Å². The first kappa shape index (κ1) is 24.3. The van der Waals surface area contributed by atoms with Crippen LogP contribution in [0.1, 0.15) is 11.1 Å². The van der Waals surface area contributed by atoms with Crippen LogP contribution in [0.4, 0.5) is 21.9 Å². The third-order valence-electron chi connectivity index (χ3n) is 5.17. The summed E-state index contributed by atoms with van der Waals surface area (Å²) in [5.74, 6) is 1.46. The van der Waals surface area contributed by atoms with Gasteiger partial charge in [0.05, 0.1) is 41.5 Å². The van der Waals surface area contributed by atoms with Gasteiger partial charge in [-0.25, -0.2) is 9.31 Å². The molecule has 0 fully saturated rings. The van der Waals surface area contributed by atoms with Crippen LogP contribution in [0.15, 0.2) is 60.9 Å². The van der Waals surface area contributed by atoms with Gasteiger partial charge in [0.25, 0.3) is 0 Å². The fourth-order valence-electron chi connectivity index (χ4n) is 3.48. The van der Waals surface area contributed by atoms with Crippen molar-refractivity contribution in [3.63, 3.8) is 0 Å². The molecule has 0 aliphatic rings. The van der Waals surface area contributed by atoms with E-state index in [9.17, 15) is 10.1 Å². The van der Waals surface area contributed by atoms with Gasteiger partial charge in [0, 0.05) is 28.5 Å². The van der Waals surface area contributed by atoms with Crippen molar-refractivity contribution in [2.45, 2.75) is 6.92 Å². The lowest BCUT2D eigenvalue weighted by molar-refractivity contribution is 0.198. The molecule has 0 bridgehead atoms. The lowest BCUT2D eigenvalue weighted by atomic mass is 10.1. The number of benzene rings is 2. The minimum Gasteiger partial charge on any atom is -0.457 e. The Kier molecular flexibility index (Phi) is 7.69. The van der Waals surface area contributed by atoms with E-state index < -0.39 is 0 Å². The normalized spacial score (nSPS) is 10.6. The van der Waals surface area contributed by atoms with Gasteiger partial charge in [0.2, 0.25) is 0 Å². The summed E-state index contributed by atoms with van der Waals surface area (Å²) >= 11 is 2.24. The van der Waals surface area contributed by atoms with Crippen molar-refractivity contribution in [1.29, 1.82) is 5.26 Å². The number of nitrogens with one attached hydrogen (secondary N) is 3. The number of aryl methyl sites for hydroxylation is 1. The van der Waals surface area contributed by atoms with Gasteiger partial charge >= 0.3 is 6.03 Å². The van der Waals surface area contributed by atoms with Crippen molar-refractivity contribution in [1.82, 2.24) is 14.9 Å². The quantitative estimate of drug-likeness (QED) is 0.189. The third kappa shape index (κ3) is 5.82. The molecule has 0 saturated heterocycles. The lowest BCUT2D eigenvalue weighted by Gasteiger charge is -2.12. The number of urea groups is 1. The van der Waals surface area contributed by atoms with Crippen LogP contribution in [0.2, 0.25) is 0 Å². The summed E-state index contributed by atoms with van der Waals surface area (Å²) in [7, 11) is 1.57. The topological polar surface area (TPSA) is 113 Å². The predicted molar refractivity (Wildman–Crippen MR) is 142 cm³/mol. The predicted octanol–water partition coefficient (Wildman–Crippen LogP) is 5.42. The van der Waals surface area contributed by atoms with E-state index in [1.165, 1.54) is 6.20 Å². The number of halogens is 1. The van der Waals surface area contributed by atoms with Crippen LogP contribution in [0.3, 0.4) is 0 Å². The van der Waals surface area contributed by atoms with Crippen LogP contribution in [0.25, 0.3) is 5.52 Å². The summed E-state index contributed by atoms with van der Waals surface area (Å²) in [6.45, 7) is 2.67. The summed E-state index contributed by atoms with van der Waals surface area (Å²) < 4.78 is 13.6. The molecule has 0 radical (unpaired) electrons. The standard InChI is InChI=1S/C25H23IN6O3/c1-16-22(31-25(33)28-10-11-34-2)15-32-24(16)23(17(13-27)14-29-32)30-19-6-8-20(9-7-19)35-21-5-3-4-18(26)12-21/h3-9,12,14-15,30H,10-11H2,1-2H3,(H2,28,31,33). The smallest absolute Gasteiger partial charge is 0.319 e. The van der Waals surface area contributed by atoms with Gasteiger partial charge in [-0.1, -0.05) is 6.07 Å².